The summed E-state index contributed by atoms with van der Waals surface area (Å²) < 4.78 is 5.99. The van der Waals surface area contributed by atoms with Crippen molar-refractivity contribution in [1.29, 1.82) is 0 Å². The molecule has 2 aliphatic heterocycles. The number of unbranched alkanes of at least 4 members (excludes halogenated alkanes) is 1. The summed E-state index contributed by atoms with van der Waals surface area (Å²) in [5.74, 6) is 1.76. The molecular weight excluding hydrogens is 262 g/mol. The summed E-state index contributed by atoms with van der Waals surface area (Å²) in [6, 6.07) is 0.890. The van der Waals surface area contributed by atoms with Gasteiger partial charge in [-0.05, 0) is 32.2 Å². The lowest BCUT2D eigenvalue weighted by Crippen LogP contribution is -2.51. The van der Waals surface area contributed by atoms with Crippen molar-refractivity contribution in [3.8, 4) is 0 Å². The number of fused-ring (bicyclic) bond motifs is 2. The standard InChI is InChI=1S/C18H27NO2/c1-2-3-11-19-16-8-5-4-7-14(16)18-15(10-13-21-18)17(19)9-6-12-20/h4-5,7-8,15-17,20H,2-3,6,9-13H2,1H3. The second-order valence-corrected chi connectivity index (χ2v) is 6.28. The van der Waals surface area contributed by atoms with Crippen molar-refractivity contribution in [3.63, 3.8) is 0 Å². The molecule has 3 aliphatic rings. The van der Waals surface area contributed by atoms with Gasteiger partial charge in [-0.15, -0.1) is 0 Å². The van der Waals surface area contributed by atoms with E-state index in [-0.39, 0.29) is 6.61 Å². The minimum atomic E-state index is 0.290. The SMILES string of the molecule is CCCCN1C2C=CC=CC2=C2OCCC2C1CCCO. The minimum absolute atomic E-state index is 0.290. The molecule has 3 atom stereocenters. The minimum Gasteiger partial charge on any atom is -0.497 e. The highest BCUT2D eigenvalue weighted by Crippen LogP contribution is 2.43. The molecule has 1 aliphatic carbocycles. The van der Waals surface area contributed by atoms with Crippen molar-refractivity contribution in [2.45, 2.75) is 51.1 Å². The normalized spacial score (nSPS) is 31.2. The lowest BCUT2D eigenvalue weighted by molar-refractivity contribution is 0.0953. The molecule has 21 heavy (non-hydrogen) atoms. The Balaban J connectivity index is 1.91. The van der Waals surface area contributed by atoms with Crippen LogP contribution in [-0.2, 0) is 4.74 Å². The lowest BCUT2D eigenvalue weighted by Gasteiger charge is -2.45. The number of aliphatic hydroxyl groups is 1. The molecule has 2 heterocycles. The summed E-state index contributed by atoms with van der Waals surface area (Å²) >= 11 is 0. The topological polar surface area (TPSA) is 32.7 Å². The van der Waals surface area contributed by atoms with E-state index in [0.717, 1.165) is 32.4 Å². The first-order chi connectivity index (χ1) is 10.4. The van der Waals surface area contributed by atoms with E-state index in [1.807, 2.05) is 0 Å². The summed E-state index contributed by atoms with van der Waals surface area (Å²) in [4.78, 5) is 2.66. The molecule has 1 saturated heterocycles. The van der Waals surface area contributed by atoms with Crippen LogP contribution < -0.4 is 0 Å². The van der Waals surface area contributed by atoms with Gasteiger partial charge in [0, 0.05) is 24.1 Å². The molecule has 0 aromatic heterocycles. The van der Waals surface area contributed by atoms with E-state index < -0.39 is 0 Å². The number of allylic oxidation sites excluding steroid dienone is 2. The van der Waals surface area contributed by atoms with Gasteiger partial charge in [0.1, 0.15) is 5.76 Å². The van der Waals surface area contributed by atoms with Gasteiger partial charge in [-0.2, -0.15) is 0 Å². The van der Waals surface area contributed by atoms with E-state index in [1.165, 1.54) is 24.2 Å². The number of rotatable bonds is 6. The highest BCUT2D eigenvalue weighted by atomic mass is 16.5. The third-order valence-electron chi connectivity index (χ3n) is 4.98. The van der Waals surface area contributed by atoms with Crippen LogP contribution in [0.25, 0.3) is 0 Å². The average molecular weight is 289 g/mol. The third-order valence-corrected chi connectivity index (χ3v) is 4.98. The molecule has 3 rings (SSSR count). The first kappa shape index (κ1) is 14.9. The van der Waals surface area contributed by atoms with Gasteiger partial charge in [-0.25, -0.2) is 0 Å². The Morgan fingerprint density at radius 3 is 3.05 bits per heavy atom. The molecule has 3 unspecified atom stereocenters. The quantitative estimate of drug-likeness (QED) is 0.816. The Bertz CT molecular complexity index is 452. The second-order valence-electron chi connectivity index (χ2n) is 6.28. The average Bonchev–Trinajstić information content (AvgIpc) is 3.00. The molecule has 0 spiro atoms. The van der Waals surface area contributed by atoms with E-state index in [0.29, 0.717) is 18.0 Å². The van der Waals surface area contributed by atoms with E-state index in [4.69, 9.17) is 4.74 Å². The summed E-state index contributed by atoms with van der Waals surface area (Å²) in [6.45, 7) is 4.54. The zero-order chi connectivity index (χ0) is 14.7. The van der Waals surface area contributed by atoms with E-state index in [1.54, 1.807) is 0 Å². The summed E-state index contributed by atoms with van der Waals surface area (Å²) in [5.41, 5.74) is 1.37. The molecule has 1 N–H and O–H groups in total. The van der Waals surface area contributed by atoms with Crippen molar-refractivity contribution in [3.05, 3.63) is 35.6 Å². The van der Waals surface area contributed by atoms with Crippen molar-refractivity contribution < 1.29 is 9.84 Å². The van der Waals surface area contributed by atoms with Gasteiger partial charge < -0.3 is 9.84 Å². The van der Waals surface area contributed by atoms with Gasteiger partial charge >= 0.3 is 0 Å². The monoisotopic (exact) mass is 289 g/mol. The van der Waals surface area contributed by atoms with Crippen molar-refractivity contribution in [2.24, 2.45) is 5.92 Å². The molecule has 0 radical (unpaired) electrons. The molecule has 0 aromatic carbocycles. The molecular formula is C18H27NO2. The zero-order valence-corrected chi connectivity index (χ0v) is 13.0. The molecule has 0 amide bonds. The fraction of sp³-hybridized carbons (Fsp3) is 0.667. The van der Waals surface area contributed by atoms with Gasteiger partial charge in [0.05, 0.1) is 12.6 Å². The maximum absolute atomic E-state index is 9.25. The van der Waals surface area contributed by atoms with Crippen LogP contribution in [0.3, 0.4) is 0 Å². The Labute approximate surface area is 128 Å². The van der Waals surface area contributed by atoms with Crippen molar-refractivity contribution in [1.82, 2.24) is 4.90 Å². The third kappa shape index (κ3) is 2.82. The van der Waals surface area contributed by atoms with Crippen LogP contribution in [0, 0.1) is 5.92 Å². The number of nitrogens with zero attached hydrogens (tertiary/aromatic N) is 1. The summed E-state index contributed by atoms with van der Waals surface area (Å²) in [5, 5.41) is 9.25. The summed E-state index contributed by atoms with van der Waals surface area (Å²) in [7, 11) is 0. The Morgan fingerprint density at radius 1 is 1.33 bits per heavy atom. The first-order valence-corrected chi connectivity index (χ1v) is 8.45. The molecule has 116 valence electrons. The van der Waals surface area contributed by atoms with Gasteiger partial charge in [-0.3, -0.25) is 4.90 Å². The molecule has 3 heteroatoms. The van der Waals surface area contributed by atoms with Crippen molar-refractivity contribution >= 4 is 0 Å². The van der Waals surface area contributed by atoms with Crippen LogP contribution in [0.1, 0.15) is 39.0 Å². The maximum Gasteiger partial charge on any atom is 0.106 e. The molecule has 0 aromatic rings. The number of aliphatic hydroxyl groups excluding tert-OH is 1. The summed E-state index contributed by atoms with van der Waals surface area (Å²) in [6.07, 6.45) is 14.4. The largest absolute Gasteiger partial charge is 0.497 e. The number of hydrogen-bond acceptors (Lipinski definition) is 3. The molecule has 1 fully saturated rings. The Hall–Kier alpha value is -1.06. The Morgan fingerprint density at radius 2 is 2.24 bits per heavy atom. The Kier molecular flexibility index (Phi) is 4.81. The number of ether oxygens (including phenoxy) is 1. The van der Waals surface area contributed by atoms with Crippen LogP contribution in [0.4, 0.5) is 0 Å². The first-order valence-electron chi connectivity index (χ1n) is 8.45. The van der Waals surface area contributed by atoms with Crippen LogP contribution in [-0.4, -0.2) is 41.8 Å². The van der Waals surface area contributed by atoms with Crippen LogP contribution in [0.2, 0.25) is 0 Å². The fourth-order valence-electron chi connectivity index (χ4n) is 4.00. The number of hydrogen-bond donors (Lipinski definition) is 1. The highest BCUT2D eigenvalue weighted by Gasteiger charge is 2.43. The van der Waals surface area contributed by atoms with Crippen LogP contribution in [0.5, 0.6) is 0 Å². The van der Waals surface area contributed by atoms with Crippen molar-refractivity contribution in [2.75, 3.05) is 19.8 Å². The molecule has 0 saturated carbocycles. The predicted molar refractivity (Wildman–Crippen MR) is 84.9 cm³/mol. The van der Waals surface area contributed by atoms with Gasteiger partial charge in [-0.1, -0.05) is 37.6 Å². The fourth-order valence-corrected chi connectivity index (χ4v) is 4.00. The van der Waals surface area contributed by atoms with E-state index >= 15 is 0 Å². The van der Waals surface area contributed by atoms with E-state index in [9.17, 15) is 5.11 Å². The van der Waals surface area contributed by atoms with Gasteiger partial charge in [0.25, 0.3) is 0 Å². The van der Waals surface area contributed by atoms with Crippen LogP contribution >= 0.6 is 0 Å². The maximum atomic E-state index is 9.25. The van der Waals surface area contributed by atoms with E-state index in [2.05, 4.69) is 36.1 Å². The predicted octanol–water partition coefficient (Wildman–Crippen LogP) is 3.03. The molecule has 3 nitrogen and oxygen atoms in total. The zero-order valence-electron chi connectivity index (χ0n) is 13.0. The van der Waals surface area contributed by atoms with Gasteiger partial charge in [0.2, 0.25) is 0 Å². The second kappa shape index (κ2) is 6.80. The highest BCUT2D eigenvalue weighted by molar-refractivity contribution is 5.42. The molecule has 0 bridgehead atoms. The lowest BCUT2D eigenvalue weighted by atomic mass is 9.80. The van der Waals surface area contributed by atoms with Gasteiger partial charge in [0.15, 0.2) is 0 Å². The van der Waals surface area contributed by atoms with Crippen LogP contribution in [0.15, 0.2) is 35.6 Å². The smallest absolute Gasteiger partial charge is 0.106 e.